The van der Waals surface area contributed by atoms with Gasteiger partial charge < -0.3 is 10.1 Å². The molecule has 0 aromatic carbocycles. The van der Waals surface area contributed by atoms with Gasteiger partial charge in [-0.1, -0.05) is 6.92 Å². The van der Waals surface area contributed by atoms with Gasteiger partial charge in [0, 0.05) is 31.6 Å². The van der Waals surface area contributed by atoms with E-state index in [0.717, 1.165) is 26.0 Å². The summed E-state index contributed by atoms with van der Waals surface area (Å²) in [5.74, 6) is 0. The molecule has 102 valence electrons. The Morgan fingerprint density at radius 1 is 1.56 bits per heavy atom. The molecule has 0 spiro atoms. The summed E-state index contributed by atoms with van der Waals surface area (Å²) in [4.78, 5) is 0. The first kappa shape index (κ1) is 13.6. The van der Waals surface area contributed by atoms with Gasteiger partial charge in [0.1, 0.15) is 0 Å². The molecule has 0 radical (unpaired) electrons. The summed E-state index contributed by atoms with van der Waals surface area (Å²) in [6.07, 6.45) is 8.17. The van der Waals surface area contributed by atoms with Gasteiger partial charge in [0.15, 0.2) is 0 Å². The average molecular weight is 251 g/mol. The van der Waals surface area contributed by atoms with Crippen LogP contribution in [0.5, 0.6) is 0 Å². The Morgan fingerprint density at radius 2 is 2.44 bits per heavy atom. The van der Waals surface area contributed by atoms with Gasteiger partial charge in [0.25, 0.3) is 0 Å². The number of hydrogen-bond donors (Lipinski definition) is 1. The molecule has 0 aliphatic carbocycles. The molecule has 1 aliphatic rings. The molecule has 2 heterocycles. The second-order valence-electron chi connectivity index (χ2n) is 5.05. The fourth-order valence-electron chi connectivity index (χ4n) is 2.71. The van der Waals surface area contributed by atoms with E-state index >= 15 is 0 Å². The lowest BCUT2D eigenvalue weighted by molar-refractivity contribution is -0.00893. The third-order valence-corrected chi connectivity index (χ3v) is 3.76. The molecule has 2 atom stereocenters. The van der Waals surface area contributed by atoms with Crippen LogP contribution in [0.4, 0.5) is 0 Å². The Labute approximate surface area is 110 Å². The van der Waals surface area contributed by atoms with Crippen LogP contribution < -0.4 is 5.32 Å². The molecule has 4 heteroatoms. The van der Waals surface area contributed by atoms with Crippen LogP contribution in [0.15, 0.2) is 12.3 Å². The van der Waals surface area contributed by atoms with Gasteiger partial charge in [-0.05, 0) is 44.7 Å². The second-order valence-corrected chi connectivity index (χ2v) is 5.05. The minimum Gasteiger partial charge on any atom is -0.377 e. The SMILES string of the molecule is CCNC(CCc1ccnn1C)C1CCCCO1. The van der Waals surface area contributed by atoms with E-state index in [1.165, 1.54) is 25.0 Å². The molecular weight excluding hydrogens is 226 g/mol. The number of nitrogens with zero attached hydrogens (tertiary/aromatic N) is 2. The third kappa shape index (κ3) is 3.56. The maximum atomic E-state index is 5.91. The summed E-state index contributed by atoms with van der Waals surface area (Å²) >= 11 is 0. The van der Waals surface area contributed by atoms with Crippen LogP contribution >= 0.6 is 0 Å². The van der Waals surface area contributed by atoms with Crippen molar-refractivity contribution in [1.29, 1.82) is 0 Å². The van der Waals surface area contributed by atoms with Crippen molar-refractivity contribution in [2.75, 3.05) is 13.2 Å². The van der Waals surface area contributed by atoms with Gasteiger partial charge in [-0.25, -0.2) is 0 Å². The molecule has 1 aromatic rings. The predicted molar refractivity (Wildman–Crippen MR) is 72.6 cm³/mol. The number of aryl methyl sites for hydroxylation is 2. The molecule has 0 bridgehead atoms. The fraction of sp³-hybridized carbons (Fsp3) is 0.786. The van der Waals surface area contributed by atoms with Gasteiger partial charge in [-0.3, -0.25) is 4.68 Å². The molecule has 18 heavy (non-hydrogen) atoms. The largest absolute Gasteiger partial charge is 0.377 e. The Bertz CT molecular complexity index is 345. The first-order chi connectivity index (χ1) is 8.81. The van der Waals surface area contributed by atoms with E-state index < -0.39 is 0 Å². The molecule has 1 aliphatic heterocycles. The van der Waals surface area contributed by atoms with Gasteiger partial charge in [-0.15, -0.1) is 0 Å². The van der Waals surface area contributed by atoms with Crippen molar-refractivity contribution in [1.82, 2.24) is 15.1 Å². The minimum atomic E-state index is 0.395. The summed E-state index contributed by atoms with van der Waals surface area (Å²) in [5, 5.41) is 7.80. The number of likely N-dealkylation sites (N-methyl/N-ethyl adjacent to an activating group) is 1. The number of ether oxygens (including phenoxy) is 1. The van der Waals surface area contributed by atoms with Gasteiger partial charge in [0.05, 0.1) is 6.10 Å². The lowest BCUT2D eigenvalue weighted by Gasteiger charge is -2.31. The highest BCUT2D eigenvalue weighted by molar-refractivity contribution is 5.01. The van der Waals surface area contributed by atoms with Gasteiger partial charge in [-0.2, -0.15) is 5.10 Å². The Morgan fingerprint density at radius 3 is 3.06 bits per heavy atom. The molecule has 1 N–H and O–H groups in total. The van der Waals surface area contributed by atoms with Crippen molar-refractivity contribution in [2.24, 2.45) is 7.05 Å². The fourth-order valence-corrected chi connectivity index (χ4v) is 2.71. The summed E-state index contributed by atoms with van der Waals surface area (Å²) in [7, 11) is 2.01. The molecule has 2 unspecified atom stereocenters. The molecule has 0 saturated carbocycles. The topological polar surface area (TPSA) is 39.1 Å². The second kappa shape index (κ2) is 6.90. The number of nitrogens with one attached hydrogen (secondary N) is 1. The van der Waals surface area contributed by atoms with E-state index in [0.29, 0.717) is 12.1 Å². The van der Waals surface area contributed by atoms with Crippen LogP contribution in [-0.2, 0) is 18.2 Å². The molecule has 2 rings (SSSR count). The van der Waals surface area contributed by atoms with Crippen LogP contribution in [0, 0.1) is 0 Å². The highest BCUT2D eigenvalue weighted by Gasteiger charge is 2.23. The highest BCUT2D eigenvalue weighted by atomic mass is 16.5. The van der Waals surface area contributed by atoms with Crippen molar-refractivity contribution in [3.63, 3.8) is 0 Å². The zero-order valence-electron chi connectivity index (χ0n) is 11.6. The van der Waals surface area contributed by atoms with Gasteiger partial charge in [0.2, 0.25) is 0 Å². The first-order valence-corrected chi connectivity index (χ1v) is 7.13. The number of hydrogen-bond acceptors (Lipinski definition) is 3. The summed E-state index contributed by atoms with van der Waals surface area (Å²) < 4.78 is 7.87. The quantitative estimate of drug-likeness (QED) is 0.839. The molecule has 0 amide bonds. The van der Waals surface area contributed by atoms with E-state index in [1.54, 1.807) is 0 Å². The predicted octanol–water partition coefficient (Wildman–Crippen LogP) is 1.90. The molecular formula is C14H25N3O. The molecule has 1 aromatic heterocycles. The first-order valence-electron chi connectivity index (χ1n) is 7.13. The zero-order valence-corrected chi connectivity index (χ0v) is 11.6. The lowest BCUT2D eigenvalue weighted by atomic mass is 9.97. The van der Waals surface area contributed by atoms with Crippen LogP contribution in [0.3, 0.4) is 0 Å². The Kier molecular flexibility index (Phi) is 5.20. The maximum absolute atomic E-state index is 5.91. The van der Waals surface area contributed by atoms with E-state index in [-0.39, 0.29) is 0 Å². The molecule has 4 nitrogen and oxygen atoms in total. The lowest BCUT2D eigenvalue weighted by Crippen LogP contribution is -2.43. The summed E-state index contributed by atoms with van der Waals surface area (Å²) in [6, 6.07) is 2.58. The number of aromatic nitrogens is 2. The minimum absolute atomic E-state index is 0.395. The van der Waals surface area contributed by atoms with E-state index in [4.69, 9.17) is 4.74 Å². The van der Waals surface area contributed by atoms with Crippen LogP contribution in [0.25, 0.3) is 0 Å². The van der Waals surface area contributed by atoms with E-state index in [9.17, 15) is 0 Å². The van der Waals surface area contributed by atoms with Crippen molar-refractivity contribution in [2.45, 2.75) is 51.2 Å². The van der Waals surface area contributed by atoms with E-state index in [1.807, 2.05) is 17.9 Å². The monoisotopic (exact) mass is 251 g/mol. The maximum Gasteiger partial charge on any atom is 0.0728 e. The molecule has 1 saturated heterocycles. The van der Waals surface area contributed by atoms with Crippen molar-refractivity contribution >= 4 is 0 Å². The third-order valence-electron chi connectivity index (χ3n) is 3.76. The van der Waals surface area contributed by atoms with Crippen molar-refractivity contribution in [3.8, 4) is 0 Å². The van der Waals surface area contributed by atoms with E-state index in [2.05, 4.69) is 23.4 Å². The Hall–Kier alpha value is -0.870. The van der Waals surface area contributed by atoms with Gasteiger partial charge >= 0.3 is 0 Å². The molecule has 1 fully saturated rings. The summed E-state index contributed by atoms with van der Waals surface area (Å²) in [6.45, 7) is 4.11. The standard InChI is InChI=1S/C14H25N3O/c1-3-15-13(14-6-4-5-11-18-14)8-7-12-9-10-16-17(12)2/h9-10,13-15H,3-8,11H2,1-2H3. The zero-order chi connectivity index (χ0) is 12.8. The summed E-state index contributed by atoms with van der Waals surface area (Å²) in [5.41, 5.74) is 1.30. The van der Waals surface area contributed by atoms with Crippen LogP contribution in [0.1, 0.15) is 38.3 Å². The normalized spacial score (nSPS) is 22.0. The number of rotatable bonds is 6. The van der Waals surface area contributed by atoms with Crippen molar-refractivity contribution < 1.29 is 4.74 Å². The average Bonchev–Trinajstić information content (AvgIpc) is 2.81. The van der Waals surface area contributed by atoms with Crippen molar-refractivity contribution in [3.05, 3.63) is 18.0 Å². The highest BCUT2D eigenvalue weighted by Crippen LogP contribution is 2.19. The van der Waals surface area contributed by atoms with Crippen LogP contribution in [0.2, 0.25) is 0 Å². The smallest absolute Gasteiger partial charge is 0.0728 e. The Balaban J connectivity index is 1.87. The van der Waals surface area contributed by atoms with Crippen LogP contribution in [-0.4, -0.2) is 35.1 Å².